The minimum absolute atomic E-state index is 0.173. The number of hydrogen-bond donors (Lipinski definition) is 0. The van der Waals surface area contributed by atoms with Gasteiger partial charge in [-0.25, -0.2) is 4.79 Å². The number of rotatable bonds is 2. The van der Waals surface area contributed by atoms with Gasteiger partial charge in [-0.15, -0.1) is 22.7 Å². The lowest BCUT2D eigenvalue weighted by Gasteiger charge is -2.49. The molecule has 4 fully saturated rings. The number of hydrogen-bond acceptors (Lipinski definition) is 5. The van der Waals surface area contributed by atoms with E-state index < -0.39 is 0 Å². The molecule has 0 unspecified atom stereocenters. The van der Waals surface area contributed by atoms with Crippen LogP contribution in [0.4, 0.5) is 9.80 Å². The zero-order valence-electron chi connectivity index (χ0n) is 14.9. The summed E-state index contributed by atoms with van der Waals surface area (Å²) in [4.78, 5) is 19.5. The summed E-state index contributed by atoms with van der Waals surface area (Å²) >= 11 is 3.50. The van der Waals surface area contributed by atoms with Crippen LogP contribution in [0.15, 0.2) is 42.5 Å². The molecule has 0 aliphatic carbocycles. The number of amides is 1. The number of thiophene rings is 2. The molecule has 7 rings (SSSR count). The lowest BCUT2D eigenvalue weighted by Crippen LogP contribution is -2.61. The predicted molar refractivity (Wildman–Crippen MR) is 111 cm³/mol. The monoisotopic (exact) mass is 396 g/mol. The van der Waals surface area contributed by atoms with Gasteiger partial charge >= 0.3 is 6.09 Å². The highest BCUT2D eigenvalue weighted by Gasteiger charge is 2.55. The second-order valence-electron chi connectivity index (χ2n) is 7.86. The zero-order chi connectivity index (χ0) is 18.0. The van der Waals surface area contributed by atoms with E-state index in [0.717, 1.165) is 37.5 Å². The molecule has 2 bridgehead atoms. The highest BCUT2D eigenvalue weighted by atomic mass is 32.1. The van der Waals surface area contributed by atoms with Gasteiger partial charge in [0.15, 0.2) is 0 Å². The van der Waals surface area contributed by atoms with Gasteiger partial charge < -0.3 is 4.74 Å². The fourth-order valence-corrected chi connectivity index (χ4v) is 7.03. The molecular formula is C21H20N2O2S2. The smallest absolute Gasteiger partial charge is 0.415 e. The third-order valence-electron chi connectivity index (χ3n) is 6.29. The Bertz CT molecular complexity index is 1000. The fourth-order valence-electron chi connectivity index (χ4n) is 4.89. The van der Waals surface area contributed by atoms with Crippen LogP contribution in [0, 0.1) is 5.92 Å². The van der Waals surface area contributed by atoms with Gasteiger partial charge in [0.25, 0.3) is 0 Å². The average molecular weight is 397 g/mol. The highest BCUT2D eigenvalue weighted by Crippen LogP contribution is 2.46. The molecule has 27 heavy (non-hydrogen) atoms. The number of ether oxygens (including phenoxy) is 1. The number of benzene rings is 1. The molecule has 6 heterocycles. The lowest BCUT2D eigenvalue weighted by molar-refractivity contribution is -0.0881. The maximum atomic E-state index is 12.7. The standard InChI is InChI=1S/C21H20N2O2S2/c24-20-23(13-21(25-20)12-22-9-7-15(21)8-10-22)19-6-5-17(27-19)18-11-14-3-1-2-4-16(14)26-18/h1-6,11,15H,7-10,12-13H2/t21-/m0/s1. The molecule has 4 nitrogen and oxygen atoms in total. The topological polar surface area (TPSA) is 32.8 Å². The van der Waals surface area contributed by atoms with E-state index in [1.807, 2.05) is 16.2 Å². The van der Waals surface area contributed by atoms with Gasteiger partial charge in [-0.3, -0.25) is 9.80 Å². The Labute approximate surface area is 166 Å². The van der Waals surface area contributed by atoms with Gasteiger partial charge in [-0.05, 0) is 55.6 Å². The molecule has 2 aromatic heterocycles. The fraction of sp³-hybridized carbons (Fsp3) is 0.381. The molecule has 3 aromatic rings. The molecule has 4 aliphatic rings. The summed E-state index contributed by atoms with van der Waals surface area (Å²) in [6.07, 6.45) is 2.13. The summed E-state index contributed by atoms with van der Waals surface area (Å²) in [5, 5.41) is 2.28. The van der Waals surface area contributed by atoms with Crippen molar-refractivity contribution in [2.24, 2.45) is 5.92 Å². The van der Waals surface area contributed by atoms with Crippen molar-refractivity contribution in [2.75, 3.05) is 31.1 Å². The van der Waals surface area contributed by atoms with Crippen molar-refractivity contribution in [2.45, 2.75) is 18.4 Å². The molecule has 1 atom stereocenters. The Morgan fingerprint density at radius 3 is 2.63 bits per heavy atom. The Hall–Kier alpha value is -1.89. The SMILES string of the molecule is O=C1O[C@@]2(CN3CCC2CC3)CN1c1ccc(-c2cc3ccccc3s2)s1. The van der Waals surface area contributed by atoms with Gasteiger partial charge in [0.1, 0.15) is 10.6 Å². The van der Waals surface area contributed by atoms with Crippen LogP contribution >= 0.6 is 22.7 Å². The van der Waals surface area contributed by atoms with Crippen molar-refractivity contribution in [1.29, 1.82) is 0 Å². The third kappa shape index (κ3) is 2.47. The van der Waals surface area contributed by atoms with Crippen molar-refractivity contribution >= 4 is 43.9 Å². The Balaban J connectivity index is 1.30. The van der Waals surface area contributed by atoms with Crippen molar-refractivity contribution in [1.82, 2.24) is 4.90 Å². The molecule has 0 saturated carbocycles. The molecule has 6 heteroatoms. The number of nitrogens with zero attached hydrogens (tertiary/aromatic N) is 2. The molecule has 0 radical (unpaired) electrons. The first-order valence-electron chi connectivity index (χ1n) is 9.52. The van der Waals surface area contributed by atoms with Crippen LogP contribution < -0.4 is 4.90 Å². The number of anilines is 1. The van der Waals surface area contributed by atoms with E-state index in [4.69, 9.17) is 4.74 Å². The number of piperidine rings is 3. The summed E-state index contributed by atoms with van der Waals surface area (Å²) in [5.41, 5.74) is -0.296. The molecular weight excluding hydrogens is 376 g/mol. The highest BCUT2D eigenvalue weighted by molar-refractivity contribution is 7.27. The third-order valence-corrected chi connectivity index (χ3v) is 8.71. The molecule has 1 aromatic carbocycles. The molecule has 0 N–H and O–H groups in total. The quantitative estimate of drug-likeness (QED) is 0.608. The first kappa shape index (κ1) is 16.1. The van der Waals surface area contributed by atoms with Crippen molar-refractivity contribution in [3.05, 3.63) is 42.5 Å². The average Bonchev–Trinajstić information content (AvgIpc) is 3.39. The van der Waals surface area contributed by atoms with Crippen LogP contribution in [-0.2, 0) is 4.74 Å². The number of carbonyl (C=O) groups is 1. The van der Waals surface area contributed by atoms with E-state index >= 15 is 0 Å². The zero-order valence-corrected chi connectivity index (χ0v) is 16.5. The summed E-state index contributed by atoms with van der Waals surface area (Å²) in [7, 11) is 0. The molecule has 1 spiro atoms. The Morgan fingerprint density at radius 2 is 1.85 bits per heavy atom. The van der Waals surface area contributed by atoms with Crippen LogP contribution in [0.2, 0.25) is 0 Å². The second-order valence-corrected chi connectivity index (χ2v) is 10.0. The van der Waals surface area contributed by atoms with Crippen LogP contribution in [0.3, 0.4) is 0 Å². The minimum Gasteiger partial charge on any atom is -0.439 e. The first-order valence-corrected chi connectivity index (χ1v) is 11.2. The normalized spacial score (nSPS) is 29.8. The van der Waals surface area contributed by atoms with E-state index in [9.17, 15) is 4.79 Å². The number of fused-ring (bicyclic) bond motifs is 3. The predicted octanol–water partition coefficient (Wildman–Crippen LogP) is 5.05. The Kier molecular flexibility index (Phi) is 3.46. The summed E-state index contributed by atoms with van der Waals surface area (Å²) in [5.74, 6) is 0.512. The molecule has 4 saturated heterocycles. The minimum atomic E-state index is -0.296. The number of carbonyl (C=O) groups excluding carboxylic acids is 1. The van der Waals surface area contributed by atoms with E-state index in [-0.39, 0.29) is 11.7 Å². The second kappa shape index (κ2) is 5.80. The van der Waals surface area contributed by atoms with Crippen molar-refractivity contribution in [3.63, 3.8) is 0 Å². The van der Waals surface area contributed by atoms with Crippen LogP contribution in [0.5, 0.6) is 0 Å². The van der Waals surface area contributed by atoms with Gasteiger partial charge in [0.05, 0.1) is 6.54 Å². The van der Waals surface area contributed by atoms with E-state index in [1.54, 1.807) is 11.3 Å². The molecule has 1 amide bonds. The largest absolute Gasteiger partial charge is 0.439 e. The van der Waals surface area contributed by atoms with Crippen LogP contribution in [-0.4, -0.2) is 42.8 Å². The van der Waals surface area contributed by atoms with Crippen LogP contribution in [0.25, 0.3) is 19.8 Å². The van der Waals surface area contributed by atoms with E-state index in [1.165, 1.54) is 19.8 Å². The summed E-state index contributed by atoms with van der Waals surface area (Å²) < 4.78 is 7.31. The van der Waals surface area contributed by atoms with Crippen LogP contribution in [0.1, 0.15) is 12.8 Å². The van der Waals surface area contributed by atoms with Gasteiger partial charge in [-0.1, -0.05) is 18.2 Å². The molecule has 4 aliphatic heterocycles. The van der Waals surface area contributed by atoms with E-state index in [2.05, 4.69) is 47.4 Å². The first-order chi connectivity index (χ1) is 13.2. The van der Waals surface area contributed by atoms with Gasteiger partial charge in [-0.2, -0.15) is 0 Å². The summed E-state index contributed by atoms with van der Waals surface area (Å²) in [6, 6.07) is 14.9. The Morgan fingerprint density at radius 1 is 1.00 bits per heavy atom. The molecule has 138 valence electrons. The summed E-state index contributed by atoms with van der Waals surface area (Å²) in [6.45, 7) is 3.89. The van der Waals surface area contributed by atoms with Gasteiger partial charge in [0.2, 0.25) is 0 Å². The maximum absolute atomic E-state index is 12.7. The lowest BCUT2D eigenvalue weighted by atomic mass is 9.75. The maximum Gasteiger partial charge on any atom is 0.415 e. The van der Waals surface area contributed by atoms with Crippen molar-refractivity contribution in [3.8, 4) is 9.75 Å². The van der Waals surface area contributed by atoms with Gasteiger partial charge in [0, 0.05) is 26.9 Å². The van der Waals surface area contributed by atoms with Crippen molar-refractivity contribution < 1.29 is 9.53 Å². The van der Waals surface area contributed by atoms with E-state index in [0.29, 0.717) is 12.5 Å².